The van der Waals surface area contributed by atoms with Crippen molar-refractivity contribution in [1.82, 2.24) is 19.5 Å². The summed E-state index contributed by atoms with van der Waals surface area (Å²) in [4.78, 5) is 25.8. The highest BCUT2D eigenvalue weighted by molar-refractivity contribution is 6.25. The third-order valence-electron chi connectivity index (χ3n) is 4.22. The highest BCUT2D eigenvalue weighted by Gasteiger charge is 2.27. The smallest absolute Gasteiger partial charge is 0.194 e. The molecule has 5 nitrogen and oxygen atoms in total. The lowest BCUT2D eigenvalue weighted by Gasteiger charge is -2.19. The molecule has 0 spiro atoms. The summed E-state index contributed by atoms with van der Waals surface area (Å²) in [6.45, 7) is 0. The molecule has 108 valence electrons. The van der Waals surface area contributed by atoms with Crippen molar-refractivity contribution in [3.63, 3.8) is 0 Å². The Kier molecular flexibility index (Phi) is 2.30. The molecular formula is C18H10N4O. The van der Waals surface area contributed by atoms with Crippen LogP contribution in [0.2, 0.25) is 0 Å². The van der Waals surface area contributed by atoms with Gasteiger partial charge >= 0.3 is 0 Å². The van der Waals surface area contributed by atoms with Crippen LogP contribution >= 0.6 is 0 Å². The maximum absolute atomic E-state index is 12.8. The zero-order valence-electron chi connectivity index (χ0n) is 12.0. The van der Waals surface area contributed by atoms with Gasteiger partial charge in [-0.2, -0.15) is 0 Å². The highest BCUT2D eigenvalue weighted by atomic mass is 16.1. The van der Waals surface area contributed by atoms with E-state index in [0.717, 1.165) is 27.8 Å². The van der Waals surface area contributed by atoms with Gasteiger partial charge in [-0.1, -0.05) is 24.3 Å². The third-order valence-corrected chi connectivity index (χ3v) is 4.22. The fourth-order valence-corrected chi connectivity index (χ4v) is 3.20. The second kappa shape index (κ2) is 4.33. The SMILES string of the molecule is O=C1c2ccccc2-c2ncnc3c(-n4ccnc4)ccc1c23. The summed E-state index contributed by atoms with van der Waals surface area (Å²) in [5, 5.41) is 0.808. The first-order valence-corrected chi connectivity index (χ1v) is 7.25. The van der Waals surface area contributed by atoms with Crippen molar-refractivity contribution in [2.24, 2.45) is 0 Å². The third kappa shape index (κ3) is 1.56. The van der Waals surface area contributed by atoms with E-state index in [0.29, 0.717) is 11.1 Å². The molecule has 2 heterocycles. The number of carbonyl (C=O) groups excluding carboxylic acids is 1. The van der Waals surface area contributed by atoms with Gasteiger partial charge in [0, 0.05) is 34.5 Å². The van der Waals surface area contributed by atoms with Gasteiger partial charge in [0.05, 0.1) is 23.2 Å². The molecule has 2 aromatic heterocycles. The van der Waals surface area contributed by atoms with Crippen molar-refractivity contribution in [1.29, 1.82) is 0 Å². The number of fused-ring (bicyclic) bond motifs is 2. The molecule has 4 aromatic rings. The molecule has 23 heavy (non-hydrogen) atoms. The molecule has 0 amide bonds. The van der Waals surface area contributed by atoms with E-state index < -0.39 is 0 Å². The minimum absolute atomic E-state index is 0.0186. The Morgan fingerprint density at radius 1 is 0.913 bits per heavy atom. The van der Waals surface area contributed by atoms with E-state index in [2.05, 4.69) is 15.0 Å². The van der Waals surface area contributed by atoms with Crippen LogP contribution in [-0.2, 0) is 0 Å². The van der Waals surface area contributed by atoms with Gasteiger partial charge in [-0.15, -0.1) is 0 Å². The van der Waals surface area contributed by atoms with Gasteiger partial charge in [0.25, 0.3) is 0 Å². The Bertz CT molecular complexity index is 1080. The minimum atomic E-state index is 0.0186. The monoisotopic (exact) mass is 298 g/mol. The van der Waals surface area contributed by atoms with Crippen LogP contribution in [0.5, 0.6) is 0 Å². The van der Waals surface area contributed by atoms with Crippen LogP contribution in [0.25, 0.3) is 27.8 Å². The lowest BCUT2D eigenvalue weighted by atomic mass is 9.86. The first kappa shape index (κ1) is 12.2. The van der Waals surface area contributed by atoms with Gasteiger partial charge in [0.1, 0.15) is 6.33 Å². The number of nitrogens with zero attached hydrogens (tertiary/aromatic N) is 4. The van der Waals surface area contributed by atoms with Crippen LogP contribution in [0.4, 0.5) is 0 Å². The summed E-state index contributed by atoms with van der Waals surface area (Å²) in [6.07, 6.45) is 6.85. The molecule has 5 heteroatoms. The van der Waals surface area contributed by atoms with E-state index in [-0.39, 0.29) is 5.78 Å². The Balaban J connectivity index is 1.96. The molecule has 0 aliphatic heterocycles. The Hall–Kier alpha value is -3.34. The molecule has 0 unspecified atom stereocenters. The number of benzene rings is 2. The van der Waals surface area contributed by atoms with Crippen LogP contribution in [0, 0.1) is 0 Å². The normalized spacial score (nSPS) is 12.4. The average Bonchev–Trinajstić information content (AvgIpc) is 3.13. The number of rotatable bonds is 1. The van der Waals surface area contributed by atoms with E-state index in [1.807, 2.05) is 47.2 Å². The number of hydrogen-bond acceptors (Lipinski definition) is 4. The predicted octanol–water partition coefficient (Wildman–Crippen LogP) is 3.03. The Labute approximate surface area is 131 Å². The van der Waals surface area contributed by atoms with Crippen LogP contribution in [0.15, 0.2) is 61.4 Å². The van der Waals surface area contributed by atoms with Crippen molar-refractivity contribution in [2.45, 2.75) is 0 Å². The van der Waals surface area contributed by atoms with Gasteiger partial charge in [0.15, 0.2) is 5.78 Å². The molecular weight excluding hydrogens is 288 g/mol. The molecule has 5 rings (SSSR count). The number of aromatic nitrogens is 4. The van der Waals surface area contributed by atoms with Crippen LogP contribution in [0.3, 0.4) is 0 Å². The fraction of sp³-hybridized carbons (Fsp3) is 0. The maximum Gasteiger partial charge on any atom is 0.194 e. The highest BCUT2D eigenvalue weighted by Crippen LogP contribution is 2.38. The van der Waals surface area contributed by atoms with E-state index in [9.17, 15) is 4.79 Å². The topological polar surface area (TPSA) is 60.7 Å². The molecule has 0 bridgehead atoms. The van der Waals surface area contributed by atoms with E-state index in [4.69, 9.17) is 0 Å². The second-order valence-corrected chi connectivity index (χ2v) is 5.42. The number of ketones is 1. The van der Waals surface area contributed by atoms with Gasteiger partial charge in [0.2, 0.25) is 0 Å². The largest absolute Gasteiger partial charge is 0.304 e. The summed E-state index contributed by atoms with van der Waals surface area (Å²) in [5.74, 6) is 0.0186. The quantitative estimate of drug-likeness (QED) is 0.477. The van der Waals surface area contributed by atoms with Crippen molar-refractivity contribution in [3.05, 3.63) is 72.6 Å². The van der Waals surface area contributed by atoms with E-state index in [1.54, 1.807) is 18.9 Å². The van der Waals surface area contributed by atoms with E-state index in [1.165, 1.54) is 0 Å². The fourth-order valence-electron chi connectivity index (χ4n) is 3.20. The van der Waals surface area contributed by atoms with Gasteiger partial charge in [-0.25, -0.2) is 15.0 Å². The minimum Gasteiger partial charge on any atom is -0.304 e. The van der Waals surface area contributed by atoms with Gasteiger partial charge < -0.3 is 4.57 Å². The van der Waals surface area contributed by atoms with Crippen molar-refractivity contribution >= 4 is 16.7 Å². The summed E-state index contributed by atoms with van der Waals surface area (Å²) in [7, 11) is 0. The molecule has 2 aromatic carbocycles. The Morgan fingerprint density at radius 2 is 1.78 bits per heavy atom. The molecule has 0 atom stereocenters. The summed E-state index contributed by atoms with van der Waals surface area (Å²) < 4.78 is 1.89. The van der Waals surface area contributed by atoms with Gasteiger partial charge in [-0.3, -0.25) is 4.79 Å². The summed E-state index contributed by atoms with van der Waals surface area (Å²) >= 11 is 0. The first-order valence-electron chi connectivity index (χ1n) is 7.25. The molecule has 0 radical (unpaired) electrons. The molecule has 0 N–H and O–H groups in total. The maximum atomic E-state index is 12.8. The van der Waals surface area contributed by atoms with Gasteiger partial charge in [-0.05, 0) is 12.1 Å². The summed E-state index contributed by atoms with van der Waals surface area (Å²) in [6, 6.07) is 11.3. The van der Waals surface area contributed by atoms with Crippen LogP contribution < -0.4 is 0 Å². The zero-order valence-corrected chi connectivity index (χ0v) is 12.0. The second-order valence-electron chi connectivity index (χ2n) is 5.42. The summed E-state index contributed by atoms with van der Waals surface area (Å²) in [5.41, 5.74) is 4.65. The lowest BCUT2D eigenvalue weighted by molar-refractivity contribution is 0.104. The standard InChI is InChI=1S/C18H10N4O/c23-18-12-4-2-1-3-11(12)16-15-13(18)5-6-14(17(15)21-9-20-16)22-8-7-19-10-22/h1-10H. The number of hydrogen-bond donors (Lipinski definition) is 0. The van der Waals surface area contributed by atoms with Crippen molar-refractivity contribution in [2.75, 3.05) is 0 Å². The molecule has 0 fully saturated rings. The predicted molar refractivity (Wildman–Crippen MR) is 85.5 cm³/mol. The first-order chi connectivity index (χ1) is 11.3. The molecule has 0 saturated heterocycles. The molecule has 0 saturated carbocycles. The van der Waals surface area contributed by atoms with Crippen LogP contribution in [-0.4, -0.2) is 25.3 Å². The van der Waals surface area contributed by atoms with Crippen molar-refractivity contribution < 1.29 is 4.79 Å². The average molecular weight is 298 g/mol. The number of carbonyl (C=O) groups is 1. The lowest BCUT2D eigenvalue weighted by Crippen LogP contribution is -2.12. The number of imidazole rings is 1. The molecule has 1 aliphatic carbocycles. The Morgan fingerprint density at radius 3 is 2.61 bits per heavy atom. The van der Waals surface area contributed by atoms with Crippen LogP contribution in [0.1, 0.15) is 15.9 Å². The van der Waals surface area contributed by atoms with E-state index >= 15 is 0 Å². The molecule has 1 aliphatic rings. The zero-order chi connectivity index (χ0) is 15.4. The van der Waals surface area contributed by atoms with Crippen molar-refractivity contribution in [3.8, 4) is 16.9 Å².